The van der Waals surface area contributed by atoms with Gasteiger partial charge in [0.1, 0.15) is 5.75 Å². The van der Waals surface area contributed by atoms with Crippen LogP contribution in [0.3, 0.4) is 0 Å². The number of nitrogens with one attached hydrogen (secondary N) is 1. The molecule has 0 aliphatic rings. The van der Waals surface area contributed by atoms with E-state index in [4.69, 9.17) is 0 Å². The number of benzene rings is 2. The third-order valence-electron chi connectivity index (χ3n) is 5.02. The van der Waals surface area contributed by atoms with Crippen molar-refractivity contribution in [1.29, 1.82) is 0 Å². The summed E-state index contributed by atoms with van der Waals surface area (Å²) in [6, 6.07) is 14.5. The van der Waals surface area contributed by atoms with Crippen LogP contribution in [0.15, 0.2) is 42.5 Å². The van der Waals surface area contributed by atoms with Crippen LogP contribution >= 0.6 is 0 Å². The van der Waals surface area contributed by atoms with E-state index in [9.17, 15) is 5.11 Å². The lowest BCUT2D eigenvalue weighted by atomic mass is 9.91. The highest BCUT2D eigenvalue weighted by molar-refractivity contribution is 5.88. The number of aryl methyl sites for hydroxylation is 1. The highest BCUT2D eigenvalue weighted by Gasteiger charge is 2.16. The van der Waals surface area contributed by atoms with Gasteiger partial charge in [0.05, 0.1) is 5.69 Å². The number of phenolic OH excluding ortho intramolecular Hbond substituents is 1. The van der Waals surface area contributed by atoms with Crippen LogP contribution in [0.2, 0.25) is 0 Å². The lowest BCUT2D eigenvalue weighted by Gasteiger charge is -2.16. The Morgan fingerprint density at radius 1 is 0.880 bits per heavy atom. The van der Waals surface area contributed by atoms with Crippen LogP contribution < -0.4 is 0 Å². The highest BCUT2D eigenvalue weighted by Crippen LogP contribution is 2.37. The first kappa shape index (κ1) is 17.6. The molecule has 0 saturated heterocycles. The van der Waals surface area contributed by atoms with Gasteiger partial charge in [-0.1, -0.05) is 57.4 Å². The van der Waals surface area contributed by atoms with Gasteiger partial charge < -0.3 is 10.1 Å². The molecule has 132 valence electrons. The fourth-order valence-electron chi connectivity index (χ4n) is 3.63. The standard InChI is InChI=1S/C23H29NO/c1-3-5-7-12-19-17(10-6-4-2)14-15-22(25)23(19)21-16-18-11-8-9-13-20(18)24-21/h8-9,11,13-16,24-25H,3-7,10,12H2,1-2H3. The predicted octanol–water partition coefficient (Wildman–Crippen LogP) is 6.62. The SMILES string of the molecule is CCCCCc1c(CCCC)ccc(O)c1-c1cc2ccccc2[nH]1. The summed E-state index contributed by atoms with van der Waals surface area (Å²) in [5.41, 5.74) is 5.87. The molecule has 2 heteroatoms. The second-order valence-electron chi connectivity index (χ2n) is 6.93. The van der Waals surface area contributed by atoms with Crippen molar-refractivity contribution in [2.45, 2.75) is 58.8 Å². The van der Waals surface area contributed by atoms with Crippen LogP contribution in [0.4, 0.5) is 0 Å². The molecule has 3 rings (SSSR count). The number of hydrogen-bond donors (Lipinski definition) is 2. The largest absolute Gasteiger partial charge is 0.507 e. The maximum Gasteiger partial charge on any atom is 0.125 e. The van der Waals surface area contributed by atoms with Crippen molar-refractivity contribution < 1.29 is 5.11 Å². The molecule has 0 unspecified atom stereocenters. The zero-order valence-corrected chi connectivity index (χ0v) is 15.4. The predicted molar refractivity (Wildman–Crippen MR) is 107 cm³/mol. The van der Waals surface area contributed by atoms with Crippen molar-refractivity contribution in [3.63, 3.8) is 0 Å². The van der Waals surface area contributed by atoms with Gasteiger partial charge in [0, 0.05) is 16.5 Å². The third kappa shape index (κ3) is 3.89. The van der Waals surface area contributed by atoms with Crippen molar-refractivity contribution >= 4 is 10.9 Å². The number of para-hydroxylation sites is 1. The summed E-state index contributed by atoms with van der Waals surface area (Å²) >= 11 is 0. The number of aromatic hydroxyl groups is 1. The van der Waals surface area contributed by atoms with E-state index < -0.39 is 0 Å². The van der Waals surface area contributed by atoms with Crippen LogP contribution in [0.25, 0.3) is 22.2 Å². The molecule has 0 amide bonds. The van der Waals surface area contributed by atoms with E-state index in [0.717, 1.165) is 29.6 Å². The van der Waals surface area contributed by atoms with Gasteiger partial charge in [-0.05, 0) is 55.0 Å². The molecule has 25 heavy (non-hydrogen) atoms. The van der Waals surface area contributed by atoms with E-state index in [-0.39, 0.29) is 0 Å². The number of hydrogen-bond acceptors (Lipinski definition) is 1. The molecular weight excluding hydrogens is 306 g/mol. The van der Waals surface area contributed by atoms with Gasteiger partial charge >= 0.3 is 0 Å². The first-order valence-corrected chi connectivity index (χ1v) is 9.66. The lowest BCUT2D eigenvalue weighted by Crippen LogP contribution is -1.99. The van der Waals surface area contributed by atoms with E-state index in [1.54, 1.807) is 0 Å². The summed E-state index contributed by atoms with van der Waals surface area (Å²) in [4.78, 5) is 3.51. The van der Waals surface area contributed by atoms with Crippen molar-refractivity contribution in [3.05, 3.63) is 53.6 Å². The summed E-state index contributed by atoms with van der Waals surface area (Å²) in [5, 5.41) is 11.8. The van der Waals surface area contributed by atoms with Crippen molar-refractivity contribution in [2.75, 3.05) is 0 Å². The summed E-state index contributed by atoms with van der Waals surface area (Å²) < 4.78 is 0. The Morgan fingerprint density at radius 3 is 2.44 bits per heavy atom. The van der Waals surface area contributed by atoms with Crippen molar-refractivity contribution in [2.24, 2.45) is 0 Å². The smallest absolute Gasteiger partial charge is 0.125 e. The molecule has 0 spiro atoms. The highest BCUT2D eigenvalue weighted by atomic mass is 16.3. The van der Waals surface area contributed by atoms with Crippen molar-refractivity contribution in [1.82, 2.24) is 4.98 Å². The minimum atomic E-state index is 0.387. The summed E-state index contributed by atoms with van der Waals surface area (Å²) in [6.45, 7) is 4.47. The van der Waals surface area contributed by atoms with Crippen LogP contribution in [0, 0.1) is 0 Å². The Kier molecular flexibility index (Phi) is 5.80. The molecule has 1 heterocycles. The fraction of sp³-hybridized carbons (Fsp3) is 0.391. The Labute approximate surface area is 150 Å². The van der Waals surface area contributed by atoms with Gasteiger partial charge in [0.2, 0.25) is 0 Å². The number of aromatic amines is 1. The second kappa shape index (κ2) is 8.24. The summed E-state index contributed by atoms with van der Waals surface area (Å²) in [6.07, 6.45) is 8.12. The molecule has 3 aromatic rings. The van der Waals surface area contributed by atoms with Gasteiger partial charge in [-0.2, -0.15) is 0 Å². The van der Waals surface area contributed by atoms with Crippen molar-refractivity contribution in [3.8, 4) is 17.0 Å². The molecule has 2 aromatic carbocycles. The van der Waals surface area contributed by atoms with Crippen LogP contribution in [0.5, 0.6) is 5.75 Å². The van der Waals surface area contributed by atoms with Gasteiger partial charge in [0.15, 0.2) is 0 Å². The van der Waals surface area contributed by atoms with E-state index in [0.29, 0.717) is 5.75 Å². The van der Waals surface area contributed by atoms with Crippen LogP contribution in [-0.2, 0) is 12.8 Å². The first-order valence-electron chi connectivity index (χ1n) is 9.66. The quantitative estimate of drug-likeness (QED) is 0.446. The summed E-state index contributed by atoms with van der Waals surface area (Å²) in [7, 11) is 0. The summed E-state index contributed by atoms with van der Waals surface area (Å²) in [5.74, 6) is 0.387. The van der Waals surface area contributed by atoms with Gasteiger partial charge in [-0.25, -0.2) is 0 Å². The molecule has 0 radical (unpaired) electrons. The Hall–Kier alpha value is -2.22. The molecule has 0 saturated carbocycles. The fourth-order valence-corrected chi connectivity index (χ4v) is 3.63. The van der Waals surface area contributed by atoms with Gasteiger partial charge in [-0.3, -0.25) is 0 Å². The van der Waals surface area contributed by atoms with Crippen LogP contribution in [0.1, 0.15) is 57.1 Å². The van der Waals surface area contributed by atoms with Gasteiger partial charge in [-0.15, -0.1) is 0 Å². The molecule has 0 aliphatic heterocycles. The second-order valence-corrected chi connectivity index (χ2v) is 6.93. The molecule has 1 aromatic heterocycles. The van der Waals surface area contributed by atoms with E-state index >= 15 is 0 Å². The average molecular weight is 335 g/mol. The van der Waals surface area contributed by atoms with E-state index in [1.807, 2.05) is 12.1 Å². The molecule has 0 fully saturated rings. The number of rotatable bonds is 8. The Balaban J connectivity index is 2.08. The van der Waals surface area contributed by atoms with E-state index in [1.165, 1.54) is 48.6 Å². The maximum absolute atomic E-state index is 10.7. The number of unbranched alkanes of at least 4 members (excludes halogenated alkanes) is 3. The zero-order chi connectivity index (χ0) is 17.6. The molecule has 2 nitrogen and oxygen atoms in total. The maximum atomic E-state index is 10.7. The normalized spacial score (nSPS) is 11.3. The van der Waals surface area contributed by atoms with Crippen LogP contribution in [-0.4, -0.2) is 10.1 Å². The zero-order valence-electron chi connectivity index (χ0n) is 15.4. The molecular formula is C23H29NO. The number of aromatic nitrogens is 1. The van der Waals surface area contributed by atoms with Gasteiger partial charge in [0.25, 0.3) is 0 Å². The molecule has 0 bridgehead atoms. The molecule has 2 N–H and O–H groups in total. The monoisotopic (exact) mass is 335 g/mol. The minimum absolute atomic E-state index is 0.387. The Morgan fingerprint density at radius 2 is 1.68 bits per heavy atom. The van der Waals surface area contributed by atoms with E-state index in [2.05, 4.69) is 49.2 Å². The topological polar surface area (TPSA) is 36.0 Å². The molecule has 0 atom stereocenters. The number of fused-ring (bicyclic) bond motifs is 1. The average Bonchev–Trinajstić information content (AvgIpc) is 3.04. The lowest BCUT2D eigenvalue weighted by molar-refractivity contribution is 0.476. The third-order valence-corrected chi connectivity index (χ3v) is 5.02. The first-order chi connectivity index (χ1) is 12.2. The number of H-pyrrole nitrogens is 1. The minimum Gasteiger partial charge on any atom is -0.507 e. The number of phenols is 1. The Bertz CT molecular complexity index is 798. The molecule has 0 aliphatic carbocycles.